The Bertz CT molecular complexity index is 1060. The smallest absolute Gasteiger partial charge is 0.418 e. The fourth-order valence-electron chi connectivity index (χ4n) is 3.62. The number of benzene rings is 3. The number of halogens is 4. The van der Waals surface area contributed by atoms with Gasteiger partial charge in [0.25, 0.3) is 0 Å². The summed E-state index contributed by atoms with van der Waals surface area (Å²) in [6.07, 6.45) is 0. The van der Waals surface area contributed by atoms with Gasteiger partial charge in [-0.15, -0.1) is 0 Å². The molecule has 4 aromatic rings. The van der Waals surface area contributed by atoms with Crippen LogP contribution in [0.1, 0.15) is 19.9 Å². The second kappa shape index (κ2) is 10.3. The number of hydrogen-bond donors (Lipinski definition) is 0. The van der Waals surface area contributed by atoms with Gasteiger partial charge in [-0.1, -0.05) is 66.7 Å². The molecule has 164 valence electrons. The van der Waals surface area contributed by atoms with E-state index in [1.54, 1.807) is 0 Å². The maximum atomic E-state index is 9.75. The molecule has 1 nitrogen and oxygen atoms in total. The van der Waals surface area contributed by atoms with Gasteiger partial charge < -0.3 is 17.3 Å². The molecule has 0 bridgehead atoms. The molecule has 0 aliphatic carbocycles. The molecule has 0 radical (unpaired) electrons. The summed E-state index contributed by atoms with van der Waals surface area (Å²) in [4.78, 5) is 0. The number of hydrogen-bond acceptors (Lipinski definition) is 0. The van der Waals surface area contributed by atoms with Crippen LogP contribution in [-0.4, -0.2) is 7.25 Å². The van der Waals surface area contributed by atoms with Crippen molar-refractivity contribution in [1.82, 2.24) is 0 Å². The van der Waals surface area contributed by atoms with Crippen molar-refractivity contribution in [3.05, 3.63) is 103 Å². The summed E-state index contributed by atoms with van der Waals surface area (Å²) in [5.74, 6) is 0. The molecule has 1 heterocycles. The summed E-state index contributed by atoms with van der Waals surface area (Å²) in [5, 5.41) is 0. The SMILES string of the molecule is CC(C)[n+]1c(-c2ccccc2)cc(-c2ccccc2)cc1-c1ccccc1.F[B-](F)(F)F. The van der Waals surface area contributed by atoms with Crippen molar-refractivity contribution in [3.8, 4) is 33.6 Å². The standard InChI is InChI=1S/C26H24N.BF4/c1-20(2)27-25(22-14-8-4-9-15-22)18-24(21-12-6-3-7-13-21)19-26(27)23-16-10-5-11-17-23;2-1(3,4)5/h3-20H,1-2H3;/q+1;-1. The minimum absolute atomic E-state index is 0.347. The lowest BCUT2D eigenvalue weighted by Gasteiger charge is -2.15. The van der Waals surface area contributed by atoms with Crippen LogP contribution in [0.5, 0.6) is 0 Å². The molecular formula is C26H24BF4N. The van der Waals surface area contributed by atoms with Crippen molar-refractivity contribution >= 4 is 7.25 Å². The molecule has 6 heteroatoms. The quantitative estimate of drug-likeness (QED) is 0.174. The third-order valence-corrected chi connectivity index (χ3v) is 4.87. The Balaban J connectivity index is 0.000000523. The Kier molecular flexibility index (Phi) is 7.47. The predicted molar refractivity (Wildman–Crippen MR) is 124 cm³/mol. The lowest BCUT2D eigenvalue weighted by molar-refractivity contribution is -0.695. The van der Waals surface area contributed by atoms with Gasteiger partial charge in [0.15, 0.2) is 6.04 Å². The molecule has 3 aromatic carbocycles. The van der Waals surface area contributed by atoms with Crippen molar-refractivity contribution < 1.29 is 21.8 Å². The molecule has 0 aliphatic heterocycles. The molecule has 0 unspecified atom stereocenters. The largest absolute Gasteiger partial charge is 0.673 e. The Morgan fingerprint density at radius 2 is 0.844 bits per heavy atom. The van der Waals surface area contributed by atoms with Crippen LogP contribution in [0.3, 0.4) is 0 Å². The van der Waals surface area contributed by atoms with Crippen LogP contribution < -0.4 is 4.57 Å². The Labute approximate surface area is 186 Å². The van der Waals surface area contributed by atoms with Crippen molar-refractivity contribution in [2.45, 2.75) is 19.9 Å². The first-order valence-corrected chi connectivity index (χ1v) is 10.4. The minimum atomic E-state index is -6.00. The van der Waals surface area contributed by atoms with Gasteiger partial charge in [0, 0.05) is 23.3 Å². The van der Waals surface area contributed by atoms with E-state index in [9.17, 15) is 17.3 Å². The molecule has 0 fully saturated rings. The molecule has 0 atom stereocenters. The highest BCUT2D eigenvalue weighted by Gasteiger charge is 2.24. The van der Waals surface area contributed by atoms with Gasteiger partial charge in [-0.05, 0) is 49.2 Å². The molecule has 0 amide bonds. The number of aromatic nitrogens is 1. The molecule has 4 rings (SSSR count). The normalized spacial score (nSPS) is 11.1. The second-order valence-corrected chi connectivity index (χ2v) is 7.57. The van der Waals surface area contributed by atoms with Crippen LogP contribution in [0, 0.1) is 0 Å². The average molecular weight is 437 g/mol. The van der Waals surface area contributed by atoms with E-state index < -0.39 is 7.25 Å². The zero-order valence-corrected chi connectivity index (χ0v) is 17.9. The summed E-state index contributed by atoms with van der Waals surface area (Å²) in [6.45, 7) is 4.50. The molecule has 0 spiro atoms. The molecule has 1 aromatic heterocycles. The van der Waals surface area contributed by atoms with Crippen LogP contribution in [0.4, 0.5) is 17.3 Å². The molecule has 0 N–H and O–H groups in total. The number of rotatable bonds is 4. The van der Waals surface area contributed by atoms with E-state index in [1.165, 1.54) is 33.6 Å². The van der Waals surface area contributed by atoms with Crippen molar-refractivity contribution in [2.24, 2.45) is 0 Å². The average Bonchev–Trinajstić information content (AvgIpc) is 2.79. The van der Waals surface area contributed by atoms with Crippen LogP contribution in [0.2, 0.25) is 0 Å². The Morgan fingerprint density at radius 3 is 1.16 bits per heavy atom. The molecule has 0 saturated heterocycles. The maximum absolute atomic E-state index is 9.75. The topological polar surface area (TPSA) is 3.88 Å². The van der Waals surface area contributed by atoms with Crippen molar-refractivity contribution in [3.63, 3.8) is 0 Å². The summed E-state index contributed by atoms with van der Waals surface area (Å²) in [6, 6.07) is 37.0. The van der Waals surface area contributed by atoms with Gasteiger partial charge in [-0.25, -0.2) is 0 Å². The Hall–Kier alpha value is -3.41. The zero-order valence-electron chi connectivity index (χ0n) is 17.9. The fraction of sp³-hybridized carbons (Fsp3) is 0.115. The highest BCUT2D eigenvalue weighted by atomic mass is 19.5. The third kappa shape index (κ3) is 6.30. The van der Waals surface area contributed by atoms with E-state index >= 15 is 0 Å². The summed E-state index contributed by atoms with van der Waals surface area (Å²) < 4.78 is 41.4. The van der Waals surface area contributed by atoms with E-state index in [4.69, 9.17) is 0 Å². The highest BCUT2D eigenvalue weighted by molar-refractivity contribution is 6.50. The first-order valence-electron chi connectivity index (χ1n) is 10.4. The summed E-state index contributed by atoms with van der Waals surface area (Å²) in [5.41, 5.74) is 7.44. The van der Waals surface area contributed by atoms with Gasteiger partial charge in [-0.2, -0.15) is 4.57 Å². The second-order valence-electron chi connectivity index (χ2n) is 7.57. The van der Waals surface area contributed by atoms with Gasteiger partial charge >= 0.3 is 7.25 Å². The number of pyridine rings is 1. The van der Waals surface area contributed by atoms with Gasteiger partial charge in [-0.3, -0.25) is 0 Å². The van der Waals surface area contributed by atoms with E-state index in [2.05, 4.69) is 122 Å². The monoisotopic (exact) mass is 437 g/mol. The van der Waals surface area contributed by atoms with Crippen LogP contribution in [-0.2, 0) is 0 Å². The lowest BCUT2D eigenvalue weighted by atomic mass is 9.98. The first-order chi connectivity index (χ1) is 15.2. The van der Waals surface area contributed by atoms with Crippen LogP contribution in [0.25, 0.3) is 33.6 Å². The first kappa shape index (κ1) is 23.3. The lowest BCUT2D eigenvalue weighted by Crippen LogP contribution is -2.41. The van der Waals surface area contributed by atoms with Crippen LogP contribution in [0.15, 0.2) is 103 Å². The van der Waals surface area contributed by atoms with Gasteiger partial charge in [0.05, 0.1) is 0 Å². The highest BCUT2D eigenvalue weighted by Crippen LogP contribution is 2.30. The molecule has 0 aliphatic rings. The third-order valence-electron chi connectivity index (χ3n) is 4.87. The molecular weight excluding hydrogens is 413 g/mol. The summed E-state index contributed by atoms with van der Waals surface area (Å²) in [7, 11) is -6.00. The number of nitrogens with zero attached hydrogens (tertiary/aromatic N) is 1. The van der Waals surface area contributed by atoms with Crippen molar-refractivity contribution in [2.75, 3.05) is 0 Å². The van der Waals surface area contributed by atoms with Gasteiger partial charge in [0.2, 0.25) is 11.4 Å². The van der Waals surface area contributed by atoms with Crippen LogP contribution >= 0.6 is 0 Å². The molecule has 32 heavy (non-hydrogen) atoms. The predicted octanol–water partition coefficient (Wildman–Crippen LogP) is 7.86. The maximum Gasteiger partial charge on any atom is 0.673 e. The minimum Gasteiger partial charge on any atom is -0.418 e. The van der Waals surface area contributed by atoms with E-state index in [0.717, 1.165) is 0 Å². The Morgan fingerprint density at radius 1 is 0.531 bits per heavy atom. The van der Waals surface area contributed by atoms with E-state index in [0.29, 0.717) is 6.04 Å². The van der Waals surface area contributed by atoms with E-state index in [1.807, 2.05) is 0 Å². The van der Waals surface area contributed by atoms with Gasteiger partial charge in [0.1, 0.15) is 0 Å². The molecule has 0 saturated carbocycles. The summed E-state index contributed by atoms with van der Waals surface area (Å²) >= 11 is 0. The fourth-order valence-corrected chi connectivity index (χ4v) is 3.62. The van der Waals surface area contributed by atoms with Crippen molar-refractivity contribution in [1.29, 1.82) is 0 Å². The zero-order chi connectivity index (χ0) is 23.1. The van der Waals surface area contributed by atoms with E-state index in [-0.39, 0.29) is 0 Å².